The number of rotatable bonds is 8. The van der Waals surface area contributed by atoms with E-state index >= 15 is 0 Å². The first-order chi connectivity index (χ1) is 13.2. The van der Waals surface area contributed by atoms with Crippen molar-refractivity contribution in [2.75, 3.05) is 0 Å². The van der Waals surface area contributed by atoms with Crippen LogP contribution >= 0.6 is 11.8 Å². The molecule has 1 unspecified atom stereocenters. The average Bonchev–Trinajstić information content (AvgIpc) is 3.10. The molecule has 138 valence electrons. The number of hydrogen-bond acceptors (Lipinski definition) is 4. The molecular formula is C21H22N4OS. The molecule has 1 atom stereocenters. The molecule has 3 aromatic rings. The van der Waals surface area contributed by atoms with E-state index in [0.717, 1.165) is 17.0 Å². The zero-order chi connectivity index (χ0) is 19.1. The van der Waals surface area contributed by atoms with Crippen LogP contribution in [0.2, 0.25) is 0 Å². The van der Waals surface area contributed by atoms with Crippen molar-refractivity contribution in [3.8, 4) is 11.4 Å². The van der Waals surface area contributed by atoms with Gasteiger partial charge in [0.25, 0.3) is 0 Å². The highest BCUT2D eigenvalue weighted by Crippen LogP contribution is 2.26. The highest BCUT2D eigenvalue weighted by molar-refractivity contribution is 8.00. The van der Waals surface area contributed by atoms with Gasteiger partial charge in [-0.1, -0.05) is 78.5 Å². The second-order valence-corrected chi connectivity index (χ2v) is 7.34. The van der Waals surface area contributed by atoms with E-state index in [1.807, 2.05) is 72.2 Å². The van der Waals surface area contributed by atoms with Crippen LogP contribution in [-0.4, -0.2) is 25.9 Å². The third-order valence-corrected chi connectivity index (χ3v) is 5.10. The van der Waals surface area contributed by atoms with Crippen LogP contribution in [0.25, 0.3) is 11.4 Å². The fourth-order valence-electron chi connectivity index (χ4n) is 2.61. The highest BCUT2D eigenvalue weighted by Gasteiger charge is 2.20. The molecule has 0 bridgehead atoms. The Labute approximate surface area is 163 Å². The summed E-state index contributed by atoms with van der Waals surface area (Å²) in [6.45, 7) is 6.79. The van der Waals surface area contributed by atoms with Gasteiger partial charge in [0.15, 0.2) is 11.0 Å². The summed E-state index contributed by atoms with van der Waals surface area (Å²) in [5.41, 5.74) is 2.06. The van der Waals surface area contributed by atoms with E-state index in [4.69, 9.17) is 0 Å². The quantitative estimate of drug-likeness (QED) is 0.477. The number of amides is 1. The minimum absolute atomic E-state index is 0.0294. The highest BCUT2D eigenvalue weighted by atomic mass is 32.2. The van der Waals surface area contributed by atoms with Crippen LogP contribution in [0.3, 0.4) is 0 Å². The number of hydrogen-bond donors (Lipinski definition) is 1. The number of aromatic nitrogens is 3. The van der Waals surface area contributed by atoms with Crippen molar-refractivity contribution < 1.29 is 4.79 Å². The van der Waals surface area contributed by atoms with Crippen LogP contribution in [0, 0.1) is 0 Å². The number of nitrogens with one attached hydrogen (secondary N) is 1. The molecule has 5 nitrogen and oxygen atoms in total. The van der Waals surface area contributed by atoms with E-state index < -0.39 is 0 Å². The molecule has 0 aliphatic heterocycles. The summed E-state index contributed by atoms with van der Waals surface area (Å²) in [4.78, 5) is 12.5. The van der Waals surface area contributed by atoms with Gasteiger partial charge in [0.05, 0.1) is 5.25 Å². The lowest BCUT2D eigenvalue weighted by molar-refractivity contribution is -0.120. The van der Waals surface area contributed by atoms with Gasteiger partial charge in [-0.25, -0.2) is 0 Å². The summed E-state index contributed by atoms with van der Waals surface area (Å²) < 4.78 is 1.98. The van der Waals surface area contributed by atoms with Crippen LogP contribution in [0.15, 0.2) is 78.5 Å². The van der Waals surface area contributed by atoms with Crippen LogP contribution < -0.4 is 5.32 Å². The molecule has 0 spiro atoms. The van der Waals surface area contributed by atoms with E-state index in [1.165, 1.54) is 11.8 Å². The normalized spacial score (nSPS) is 11.7. The Morgan fingerprint density at radius 2 is 1.81 bits per heavy atom. The van der Waals surface area contributed by atoms with Gasteiger partial charge in [-0.2, -0.15) is 0 Å². The van der Waals surface area contributed by atoms with Gasteiger partial charge in [0.1, 0.15) is 0 Å². The molecule has 1 aromatic heterocycles. The number of benzene rings is 2. The average molecular weight is 379 g/mol. The van der Waals surface area contributed by atoms with Crippen molar-refractivity contribution in [2.24, 2.45) is 0 Å². The first kappa shape index (κ1) is 18.9. The Morgan fingerprint density at radius 1 is 1.15 bits per heavy atom. The second kappa shape index (κ2) is 9.19. The van der Waals surface area contributed by atoms with E-state index in [-0.39, 0.29) is 11.2 Å². The second-order valence-electron chi connectivity index (χ2n) is 6.03. The number of carbonyl (C=O) groups is 1. The van der Waals surface area contributed by atoms with Gasteiger partial charge in [-0.15, -0.1) is 16.8 Å². The molecular weight excluding hydrogens is 356 g/mol. The standard InChI is InChI=1S/C21H22N4OS/c1-3-14-25-19(18-12-8-5-9-13-18)23-24-21(25)27-16(2)20(26)22-15-17-10-6-4-7-11-17/h3-13,16H,1,14-15H2,2H3,(H,22,26). The molecule has 1 N–H and O–H groups in total. The first-order valence-corrected chi connectivity index (χ1v) is 9.65. The molecule has 0 fully saturated rings. The van der Waals surface area contributed by atoms with Crippen molar-refractivity contribution in [1.29, 1.82) is 0 Å². The van der Waals surface area contributed by atoms with Crippen LogP contribution in [-0.2, 0) is 17.9 Å². The maximum absolute atomic E-state index is 12.5. The summed E-state index contributed by atoms with van der Waals surface area (Å²) in [6, 6.07) is 19.7. The molecule has 1 heterocycles. The Kier molecular flexibility index (Phi) is 6.44. The van der Waals surface area contributed by atoms with Crippen LogP contribution in [0.1, 0.15) is 12.5 Å². The summed E-state index contributed by atoms with van der Waals surface area (Å²) in [5, 5.41) is 12.0. The summed E-state index contributed by atoms with van der Waals surface area (Å²) in [6.07, 6.45) is 1.81. The fraction of sp³-hybridized carbons (Fsp3) is 0.190. The van der Waals surface area contributed by atoms with Gasteiger partial charge < -0.3 is 5.32 Å². The third-order valence-electron chi connectivity index (χ3n) is 4.02. The maximum atomic E-state index is 12.5. The van der Waals surface area contributed by atoms with Crippen molar-refractivity contribution >= 4 is 17.7 Å². The molecule has 0 radical (unpaired) electrons. The Hall–Kier alpha value is -2.86. The van der Waals surface area contributed by atoms with Crippen molar-refractivity contribution in [3.63, 3.8) is 0 Å². The molecule has 0 aliphatic rings. The van der Waals surface area contributed by atoms with E-state index in [0.29, 0.717) is 18.2 Å². The number of allylic oxidation sites excluding steroid dienone is 1. The molecule has 27 heavy (non-hydrogen) atoms. The number of nitrogens with zero attached hydrogens (tertiary/aromatic N) is 3. The van der Waals surface area contributed by atoms with Gasteiger partial charge in [0, 0.05) is 18.7 Å². The van der Waals surface area contributed by atoms with Crippen LogP contribution in [0.5, 0.6) is 0 Å². The number of carbonyl (C=O) groups excluding carboxylic acids is 1. The minimum Gasteiger partial charge on any atom is -0.351 e. The zero-order valence-corrected chi connectivity index (χ0v) is 16.0. The smallest absolute Gasteiger partial charge is 0.233 e. The lowest BCUT2D eigenvalue weighted by Gasteiger charge is -2.13. The van der Waals surface area contributed by atoms with E-state index in [9.17, 15) is 4.79 Å². The zero-order valence-electron chi connectivity index (χ0n) is 15.2. The number of thioether (sulfide) groups is 1. The van der Waals surface area contributed by atoms with Gasteiger partial charge in [-0.3, -0.25) is 9.36 Å². The lowest BCUT2D eigenvalue weighted by Crippen LogP contribution is -2.30. The lowest BCUT2D eigenvalue weighted by atomic mass is 10.2. The Morgan fingerprint density at radius 3 is 2.48 bits per heavy atom. The molecule has 0 saturated heterocycles. The van der Waals surface area contributed by atoms with Gasteiger partial charge in [0.2, 0.25) is 5.91 Å². The minimum atomic E-state index is -0.287. The summed E-state index contributed by atoms with van der Waals surface area (Å²) in [5.74, 6) is 0.744. The third kappa shape index (κ3) is 4.86. The topological polar surface area (TPSA) is 59.8 Å². The predicted octanol–water partition coefficient (Wildman–Crippen LogP) is 3.93. The van der Waals surface area contributed by atoms with Gasteiger partial charge in [-0.05, 0) is 12.5 Å². The maximum Gasteiger partial charge on any atom is 0.233 e. The molecule has 0 saturated carbocycles. The van der Waals surface area contributed by atoms with Crippen LogP contribution in [0.4, 0.5) is 0 Å². The molecule has 2 aromatic carbocycles. The van der Waals surface area contributed by atoms with E-state index in [1.54, 1.807) is 6.08 Å². The summed E-state index contributed by atoms with van der Waals surface area (Å²) in [7, 11) is 0. The largest absolute Gasteiger partial charge is 0.351 e. The van der Waals surface area contributed by atoms with Crippen molar-refractivity contribution in [3.05, 3.63) is 78.9 Å². The van der Waals surface area contributed by atoms with Crippen molar-refractivity contribution in [1.82, 2.24) is 20.1 Å². The van der Waals surface area contributed by atoms with Gasteiger partial charge >= 0.3 is 0 Å². The predicted molar refractivity (Wildman–Crippen MR) is 109 cm³/mol. The Balaban J connectivity index is 1.70. The fourth-order valence-corrected chi connectivity index (χ4v) is 3.49. The van der Waals surface area contributed by atoms with Crippen molar-refractivity contribution in [2.45, 2.75) is 30.4 Å². The molecule has 1 amide bonds. The molecule has 3 rings (SSSR count). The van der Waals surface area contributed by atoms with E-state index in [2.05, 4.69) is 22.1 Å². The molecule has 0 aliphatic carbocycles. The SMILES string of the molecule is C=CCn1c(SC(C)C(=O)NCc2ccccc2)nnc1-c1ccccc1. The Bertz CT molecular complexity index is 893. The molecule has 6 heteroatoms. The monoisotopic (exact) mass is 378 g/mol. The first-order valence-electron chi connectivity index (χ1n) is 8.77. The summed E-state index contributed by atoms with van der Waals surface area (Å²) >= 11 is 1.40.